The average Bonchev–Trinajstić information content (AvgIpc) is 2.32. The van der Waals surface area contributed by atoms with Crippen molar-refractivity contribution in [3.05, 3.63) is 39.1 Å². The van der Waals surface area contributed by atoms with Crippen LogP contribution in [0, 0.1) is 0 Å². The van der Waals surface area contributed by atoms with E-state index in [1.54, 1.807) is 12.1 Å². The molecule has 0 saturated carbocycles. The number of nitrogens with zero attached hydrogens (tertiary/aromatic N) is 2. The van der Waals surface area contributed by atoms with Gasteiger partial charge in [-0.1, -0.05) is 15.9 Å². The Morgan fingerprint density at radius 3 is 2.94 bits per heavy atom. The Morgan fingerprint density at radius 1 is 1.29 bits per heavy atom. The van der Waals surface area contributed by atoms with Crippen LogP contribution in [0.4, 0.5) is 0 Å². The quantitative estimate of drug-likeness (QED) is 0.621. The lowest BCUT2D eigenvalue weighted by atomic mass is 10.1. The fourth-order valence-corrected chi connectivity index (χ4v) is 2.09. The molecule has 84 valence electrons. The molecule has 0 aliphatic heterocycles. The topological polar surface area (TPSA) is 78.9 Å². The molecule has 6 heteroatoms. The second-order valence-electron chi connectivity index (χ2n) is 3.60. The second-order valence-corrected chi connectivity index (χ2v) is 4.51. The number of rotatable bonds is 0. The number of hydrogen-bond donors (Lipinski definition) is 2. The fraction of sp³-hybridized carbons (Fsp3) is 0. The summed E-state index contributed by atoms with van der Waals surface area (Å²) in [6.45, 7) is 0. The molecule has 0 aliphatic carbocycles. The molecule has 0 aliphatic rings. The molecule has 0 unspecified atom stereocenters. The van der Waals surface area contributed by atoms with Crippen molar-refractivity contribution >= 4 is 37.7 Å². The van der Waals surface area contributed by atoms with Crippen molar-refractivity contribution in [1.29, 1.82) is 0 Å². The van der Waals surface area contributed by atoms with E-state index in [4.69, 9.17) is 0 Å². The van der Waals surface area contributed by atoms with Gasteiger partial charge in [0.25, 0.3) is 11.4 Å². The number of aromatic hydroxyl groups is 1. The molecule has 2 heterocycles. The maximum Gasteiger partial charge on any atom is 0.273 e. The van der Waals surface area contributed by atoms with Crippen molar-refractivity contribution in [2.75, 3.05) is 0 Å². The van der Waals surface area contributed by atoms with Crippen LogP contribution >= 0.6 is 15.9 Å². The highest BCUT2D eigenvalue weighted by atomic mass is 79.9. The summed E-state index contributed by atoms with van der Waals surface area (Å²) in [7, 11) is 0. The minimum absolute atomic E-state index is 0.212. The predicted molar refractivity (Wildman–Crippen MR) is 67.0 cm³/mol. The van der Waals surface area contributed by atoms with Crippen LogP contribution in [0.15, 0.2) is 33.5 Å². The van der Waals surface area contributed by atoms with Crippen molar-refractivity contribution in [2.45, 2.75) is 0 Å². The number of hydrogen-bond acceptors (Lipinski definition) is 4. The third kappa shape index (κ3) is 1.57. The first-order valence-electron chi connectivity index (χ1n) is 4.83. The predicted octanol–water partition coefficient (Wildman–Crippen LogP) is 1.94. The largest absolute Gasteiger partial charge is 0.491 e. The van der Waals surface area contributed by atoms with Crippen LogP contribution in [0.3, 0.4) is 0 Å². The van der Waals surface area contributed by atoms with E-state index in [1.807, 2.05) is 12.1 Å². The molecule has 3 rings (SSSR count). The molecule has 0 saturated heterocycles. The number of H-pyrrole nitrogens is 1. The van der Waals surface area contributed by atoms with Gasteiger partial charge >= 0.3 is 0 Å². The van der Waals surface area contributed by atoms with Gasteiger partial charge in [-0.2, -0.15) is 0 Å². The summed E-state index contributed by atoms with van der Waals surface area (Å²) in [6, 6.07) is 7.19. The number of nitrogens with one attached hydrogen (secondary N) is 1. The van der Waals surface area contributed by atoms with Gasteiger partial charge in [0, 0.05) is 9.86 Å². The van der Waals surface area contributed by atoms with E-state index in [9.17, 15) is 9.90 Å². The minimum atomic E-state index is -0.368. The van der Waals surface area contributed by atoms with Crippen LogP contribution in [0.5, 0.6) is 5.88 Å². The number of pyridine rings is 1. The third-order valence-electron chi connectivity index (χ3n) is 2.50. The van der Waals surface area contributed by atoms with E-state index in [0.29, 0.717) is 10.9 Å². The zero-order valence-corrected chi connectivity index (χ0v) is 10.0. The van der Waals surface area contributed by atoms with E-state index in [1.165, 1.54) is 0 Å². The van der Waals surface area contributed by atoms with Crippen LogP contribution < -0.4 is 5.56 Å². The van der Waals surface area contributed by atoms with Crippen LogP contribution in [-0.2, 0) is 0 Å². The molecule has 3 aromatic rings. The highest BCUT2D eigenvalue weighted by Crippen LogP contribution is 2.23. The number of aromatic amines is 1. The average molecular weight is 292 g/mol. The summed E-state index contributed by atoms with van der Waals surface area (Å²) < 4.78 is 0.904. The monoisotopic (exact) mass is 291 g/mol. The highest BCUT2D eigenvalue weighted by molar-refractivity contribution is 9.10. The standard InChI is InChI=1S/C11H6BrN3O2/c12-6-1-2-8-5(3-6)4-7-9(13-8)11(17)15-14-10(7)16/h1-4H,(H,14,16)(H,15,17). The minimum Gasteiger partial charge on any atom is -0.491 e. The van der Waals surface area contributed by atoms with Gasteiger partial charge in [0.2, 0.25) is 0 Å². The highest BCUT2D eigenvalue weighted by Gasteiger charge is 2.08. The Morgan fingerprint density at radius 2 is 2.12 bits per heavy atom. The van der Waals surface area contributed by atoms with Gasteiger partial charge in [0.15, 0.2) is 0 Å². The maximum absolute atomic E-state index is 11.6. The van der Waals surface area contributed by atoms with Crippen LogP contribution in [0.2, 0.25) is 0 Å². The third-order valence-corrected chi connectivity index (χ3v) is 2.99. The zero-order valence-electron chi connectivity index (χ0n) is 8.44. The van der Waals surface area contributed by atoms with Gasteiger partial charge in [-0.25, -0.2) is 10.1 Å². The first kappa shape index (κ1) is 10.2. The number of aromatic nitrogens is 3. The smallest absolute Gasteiger partial charge is 0.273 e. The molecular formula is C11H6BrN3O2. The lowest BCUT2D eigenvalue weighted by Gasteiger charge is -2.02. The zero-order chi connectivity index (χ0) is 12.0. The molecule has 0 radical (unpaired) electrons. The fourth-order valence-electron chi connectivity index (χ4n) is 1.71. The van der Waals surface area contributed by atoms with Crippen molar-refractivity contribution < 1.29 is 5.11 Å². The van der Waals surface area contributed by atoms with Gasteiger partial charge in [-0.3, -0.25) is 4.79 Å². The number of fused-ring (bicyclic) bond motifs is 2. The SMILES string of the molecule is O=c1[nH]nc(O)c2nc3ccc(Br)cc3cc12. The van der Waals surface area contributed by atoms with Crippen LogP contribution in [0.1, 0.15) is 0 Å². The van der Waals surface area contributed by atoms with Gasteiger partial charge in [0.1, 0.15) is 5.52 Å². The molecule has 2 aromatic heterocycles. The number of benzene rings is 1. The first-order chi connectivity index (χ1) is 8.15. The van der Waals surface area contributed by atoms with Gasteiger partial charge < -0.3 is 5.11 Å². The van der Waals surface area contributed by atoms with E-state index in [-0.39, 0.29) is 17.0 Å². The maximum atomic E-state index is 11.6. The molecule has 0 fully saturated rings. The summed E-state index contributed by atoms with van der Waals surface area (Å²) >= 11 is 3.35. The van der Waals surface area contributed by atoms with Crippen LogP contribution in [0.25, 0.3) is 21.8 Å². The van der Waals surface area contributed by atoms with Gasteiger partial charge in [-0.15, -0.1) is 5.10 Å². The molecule has 1 aromatic carbocycles. The number of halogens is 1. The second kappa shape index (κ2) is 3.53. The summed E-state index contributed by atoms with van der Waals surface area (Å²) in [6.07, 6.45) is 0. The first-order valence-corrected chi connectivity index (χ1v) is 5.62. The lowest BCUT2D eigenvalue weighted by molar-refractivity contribution is 0.450. The Hall–Kier alpha value is -1.95. The van der Waals surface area contributed by atoms with Gasteiger partial charge in [0.05, 0.1) is 10.9 Å². The molecule has 0 atom stereocenters. The van der Waals surface area contributed by atoms with Crippen LogP contribution in [-0.4, -0.2) is 20.3 Å². The summed E-state index contributed by atoms with van der Waals surface area (Å²) in [5.74, 6) is -0.274. The van der Waals surface area contributed by atoms with Gasteiger partial charge in [-0.05, 0) is 24.3 Å². The molecule has 0 amide bonds. The van der Waals surface area contributed by atoms with E-state index in [2.05, 4.69) is 31.1 Å². The Kier molecular flexibility index (Phi) is 2.12. The molecule has 0 spiro atoms. The molecule has 0 bridgehead atoms. The van der Waals surface area contributed by atoms with Crippen molar-refractivity contribution in [1.82, 2.24) is 15.2 Å². The molecule has 5 nitrogen and oxygen atoms in total. The summed E-state index contributed by atoms with van der Waals surface area (Å²) in [5.41, 5.74) is 0.541. The molecule has 2 N–H and O–H groups in total. The summed E-state index contributed by atoms with van der Waals surface area (Å²) in [5, 5.41) is 16.4. The van der Waals surface area contributed by atoms with Crippen molar-refractivity contribution in [3.63, 3.8) is 0 Å². The Balaban J connectivity index is 2.56. The van der Waals surface area contributed by atoms with E-state index >= 15 is 0 Å². The normalized spacial score (nSPS) is 11.1. The molecular weight excluding hydrogens is 286 g/mol. The molecule has 17 heavy (non-hydrogen) atoms. The van der Waals surface area contributed by atoms with E-state index in [0.717, 1.165) is 9.86 Å². The van der Waals surface area contributed by atoms with Crippen molar-refractivity contribution in [2.24, 2.45) is 0 Å². The Labute approximate surface area is 103 Å². The van der Waals surface area contributed by atoms with E-state index < -0.39 is 0 Å². The Bertz CT molecular complexity index is 798. The lowest BCUT2D eigenvalue weighted by Crippen LogP contribution is -2.08. The summed E-state index contributed by atoms with van der Waals surface area (Å²) in [4.78, 5) is 15.8. The van der Waals surface area contributed by atoms with Crippen molar-refractivity contribution in [3.8, 4) is 5.88 Å².